The van der Waals surface area contributed by atoms with E-state index >= 15 is 0 Å². The normalized spacial score (nSPS) is 13.0. The Morgan fingerprint density at radius 3 is 2.82 bits per heavy atom. The molecule has 28 heavy (non-hydrogen) atoms. The maximum atomic E-state index is 11.7. The van der Waals surface area contributed by atoms with Crippen LogP contribution in [0.15, 0.2) is 45.6 Å². The average Bonchev–Trinajstić information content (AvgIpc) is 2.70. The third-order valence-electron chi connectivity index (χ3n) is 4.56. The number of nitro groups is 1. The van der Waals surface area contributed by atoms with E-state index in [1.165, 1.54) is 18.2 Å². The number of benzene rings is 2. The maximum Gasteiger partial charge on any atom is 0.336 e. The molecule has 2 heterocycles. The van der Waals surface area contributed by atoms with Crippen molar-refractivity contribution >= 4 is 16.7 Å². The van der Waals surface area contributed by atoms with E-state index in [0.29, 0.717) is 34.6 Å². The standard InChI is InChI=1S/C20H17NO7/c1-2-12-7-19(22)28-18-8-16(3-4-17(12)18)26-10-14-6-15(21(23)24)5-13-9-25-11-27-20(13)14/h3-8H,2,9-11H2,1H3. The average molecular weight is 383 g/mol. The van der Waals surface area contributed by atoms with Gasteiger partial charge in [-0.25, -0.2) is 4.79 Å². The largest absolute Gasteiger partial charge is 0.489 e. The Kier molecular flexibility index (Phi) is 4.70. The number of nitro benzene ring substituents is 1. The van der Waals surface area contributed by atoms with Crippen LogP contribution >= 0.6 is 0 Å². The fourth-order valence-electron chi connectivity index (χ4n) is 3.25. The molecular formula is C20H17NO7. The Labute approximate surface area is 159 Å². The van der Waals surface area contributed by atoms with Gasteiger partial charge in [-0.1, -0.05) is 6.92 Å². The second-order valence-corrected chi connectivity index (χ2v) is 6.35. The molecule has 0 spiro atoms. The minimum atomic E-state index is -0.463. The van der Waals surface area contributed by atoms with Crippen molar-refractivity contribution in [2.24, 2.45) is 0 Å². The minimum Gasteiger partial charge on any atom is -0.489 e. The third-order valence-corrected chi connectivity index (χ3v) is 4.56. The molecular weight excluding hydrogens is 366 g/mol. The van der Waals surface area contributed by atoms with Gasteiger partial charge in [0.2, 0.25) is 0 Å². The minimum absolute atomic E-state index is 0.0523. The fraction of sp³-hybridized carbons (Fsp3) is 0.250. The number of aryl methyl sites for hydroxylation is 1. The number of fused-ring (bicyclic) bond motifs is 2. The molecule has 144 valence electrons. The summed E-state index contributed by atoms with van der Waals surface area (Å²) in [6.45, 7) is 2.35. The van der Waals surface area contributed by atoms with Gasteiger partial charge >= 0.3 is 5.63 Å². The molecule has 0 atom stereocenters. The summed E-state index contributed by atoms with van der Waals surface area (Å²) in [5.41, 5.74) is 2.03. The van der Waals surface area contributed by atoms with Crippen molar-refractivity contribution in [2.45, 2.75) is 26.6 Å². The molecule has 0 saturated carbocycles. The van der Waals surface area contributed by atoms with E-state index in [-0.39, 0.29) is 25.7 Å². The van der Waals surface area contributed by atoms with Crippen molar-refractivity contribution in [3.8, 4) is 11.5 Å². The van der Waals surface area contributed by atoms with Gasteiger partial charge in [0.25, 0.3) is 5.69 Å². The molecule has 0 bridgehead atoms. The van der Waals surface area contributed by atoms with Crippen LogP contribution in [0.4, 0.5) is 5.69 Å². The number of non-ortho nitro benzene ring substituents is 1. The van der Waals surface area contributed by atoms with Gasteiger partial charge in [-0.3, -0.25) is 10.1 Å². The molecule has 0 amide bonds. The molecule has 1 aromatic heterocycles. The van der Waals surface area contributed by atoms with E-state index in [2.05, 4.69) is 0 Å². The van der Waals surface area contributed by atoms with Crippen LogP contribution in [-0.2, 0) is 24.4 Å². The zero-order chi connectivity index (χ0) is 19.7. The predicted molar refractivity (Wildman–Crippen MR) is 99.6 cm³/mol. The first kappa shape index (κ1) is 18.0. The Morgan fingerprint density at radius 1 is 1.18 bits per heavy atom. The summed E-state index contributed by atoms with van der Waals surface area (Å²) in [5.74, 6) is 1.02. The van der Waals surface area contributed by atoms with Crippen LogP contribution in [-0.4, -0.2) is 11.7 Å². The molecule has 8 nitrogen and oxygen atoms in total. The monoisotopic (exact) mass is 383 g/mol. The van der Waals surface area contributed by atoms with Crippen LogP contribution in [0.3, 0.4) is 0 Å². The second kappa shape index (κ2) is 7.32. The zero-order valence-corrected chi connectivity index (χ0v) is 15.1. The summed E-state index contributed by atoms with van der Waals surface area (Å²) in [6.07, 6.45) is 0.710. The lowest BCUT2D eigenvalue weighted by Gasteiger charge is -2.20. The number of hydrogen-bond donors (Lipinski definition) is 0. The van der Waals surface area contributed by atoms with Gasteiger partial charge in [0, 0.05) is 40.8 Å². The summed E-state index contributed by atoms with van der Waals surface area (Å²) in [4.78, 5) is 22.4. The van der Waals surface area contributed by atoms with E-state index in [4.69, 9.17) is 18.6 Å². The van der Waals surface area contributed by atoms with Crippen LogP contribution in [0.5, 0.6) is 11.5 Å². The second-order valence-electron chi connectivity index (χ2n) is 6.35. The molecule has 4 rings (SSSR count). The Morgan fingerprint density at radius 2 is 2.04 bits per heavy atom. The van der Waals surface area contributed by atoms with E-state index in [1.54, 1.807) is 12.1 Å². The lowest BCUT2D eigenvalue weighted by atomic mass is 10.1. The Hall–Kier alpha value is -3.39. The highest BCUT2D eigenvalue weighted by Crippen LogP contribution is 2.33. The van der Waals surface area contributed by atoms with Gasteiger partial charge in [0.15, 0.2) is 6.79 Å². The van der Waals surface area contributed by atoms with Crippen molar-refractivity contribution in [1.82, 2.24) is 0 Å². The van der Waals surface area contributed by atoms with Crippen molar-refractivity contribution < 1.29 is 23.6 Å². The highest BCUT2D eigenvalue weighted by molar-refractivity contribution is 5.81. The van der Waals surface area contributed by atoms with Gasteiger partial charge in [0.1, 0.15) is 23.7 Å². The lowest BCUT2D eigenvalue weighted by molar-refractivity contribution is -0.385. The van der Waals surface area contributed by atoms with E-state index in [1.807, 2.05) is 13.0 Å². The summed E-state index contributed by atoms with van der Waals surface area (Å²) in [7, 11) is 0. The first-order chi connectivity index (χ1) is 13.5. The van der Waals surface area contributed by atoms with Crippen LogP contribution in [0, 0.1) is 10.1 Å². The SMILES string of the molecule is CCc1cc(=O)oc2cc(OCc3cc([N+](=O)[O-])cc4c3OCOC4)ccc12. The van der Waals surface area contributed by atoms with Gasteiger partial charge < -0.3 is 18.6 Å². The lowest BCUT2D eigenvalue weighted by Crippen LogP contribution is -2.14. The summed E-state index contributed by atoms with van der Waals surface area (Å²) in [6, 6.07) is 9.60. The quantitative estimate of drug-likeness (QED) is 0.376. The zero-order valence-electron chi connectivity index (χ0n) is 15.1. The van der Waals surface area contributed by atoms with Gasteiger partial charge in [-0.15, -0.1) is 0 Å². The predicted octanol–water partition coefficient (Wildman–Crippen LogP) is 3.71. The summed E-state index contributed by atoms with van der Waals surface area (Å²) >= 11 is 0. The number of nitrogens with zero attached hydrogens (tertiary/aromatic N) is 1. The first-order valence-corrected chi connectivity index (χ1v) is 8.75. The number of hydrogen-bond acceptors (Lipinski definition) is 7. The molecule has 0 aliphatic carbocycles. The topological polar surface area (TPSA) is 101 Å². The van der Waals surface area contributed by atoms with Crippen molar-refractivity contribution in [3.05, 3.63) is 73.6 Å². The number of rotatable bonds is 5. The fourth-order valence-corrected chi connectivity index (χ4v) is 3.25. The molecule has 0 radical (unpaired) electrons. The van der Waals surface area contributed by atoms with Crippen LogP contribution in [0.1, 0.15) is 23.6 Å². The van der Waals surface area contributed by atoms with Gasteiger partial charge in [-0.05, 0) is 24.1 Å². The molecule has 0 saturated heterocycles. The molecule has 2 aromatic carbocycles. The summed E-state index contributed by atoms with van der Waals surface area (Å²) < 4.78 is 21.8. The van der Waals surface area contributed by atoms with E-state index in [0.717, 1.165) is 10.9 Å². The molecule has 3 aromatic rings. The summed E-state index contributed by atoms with van der Waals surface area (Å²) in [5, 5.41) is 12.0. The van der Waals surface area contributed by atoms with E-state index < -0.39 is 10.5 Å². The maximum absolute atomic E-state index is 11.7. The molecule has 1 aliphatic rings. The van der Waals surface area contributed by atoms with Crippen LogP contribution in [0.25, 0.3) is 11.0 Å². The van der Waals surface area contributed by atoms with Gasteiger partial charge in [-0.2, -0.15) is 0 Å². The smallest absolute Gasteiger partial charge is 0.336 e. The highest BCUT2D eigenvalue weighted by atomic mass is 16.7. The first-order valence-electron chi connectivity index (χ1n) is 8.75. The van der Waals surface area contributed by atoms with E-state index in [9.17, 15) is 14.9 Å². The van der Waals surface area contributed by atoms with Crippen LogP contribution in [0.2, 0.25) is 0 Å². The van der Waals surface area contributed by atoms with Crippen molar-refractivity contribution in [1.29, 1.82) is 0 Å². The Balaban J connectivity index is 1.65. The number of ether oxygens (including phenoxy) is 3. The molecule has 8 heteroatoms. The van der Waals surface area contributed by atoms with Crippen molar-refractivity contribution in [2.75, 3.05) is 6.79 Å². The molecule has 1 aliphatic heterocycles. The van der Waals surface area contributed by atoms with Crippen molar-refractivity contribution in [3.63, 3.8) is 0 Å². The third kappa shape index (κ3) is 3.41. The van der Waals surface area contributed by atoms with Crippen LogP contribution < -0.4 is 15.1 Å². The highest BCUT2D eigenvalue weighted by Gasteiger charge is 2.21. The molecule has 0 unspecified atom stereocenters. The van der Waals surface area contributed by atoms with Gasteiger partial charge in [0.05, 0.1) is 11.5 Å². The Bertz CT molecular complexity index is 1120. The molecule has 0 fully saturated rings. The molecule has 0 N–H and O–H groups in total.